The Kier molecular flexibility index (Phi) is 3.27. The van der Waals surface area contributed by atoms with Crippen molar-refractivity contribution in [3.63, 3.8) is 0 Å². The molecule has 0 unspecified atom stereocenters. The lowest BCUT2D eigenvalue weighted by Gasteiger charge is -2.21. The summed E-state index contributed by atoms with van der Waals surface area (Å²) in [6, 6.07) is 19.7. The molecule has 1 nitrogen and oxygen atoms in total. The van der Waals surface area contributed by atoms with Crippen molar-refractivity contribution >= 4 is 5.52 Å². The van der Waals surface area contributed by atoms with Crippen molar-refractivity contribution in [3.05, 3.63) is 66.4 Å². The minimum absolute atomic E-state index is 0.744. The zero-order valence-electron chi connectivity index (χ0n) is 12.3. The molecule has 0 saturated heterocycles. The van der Waals surface area contributed by atoms with E-state index in [2.05, 4.69) is 65.2 Å². The highest BCUT2D eigenvalue weighted by Crippen LogP contribution is 2.38. The summed E-state index contributed by atoms with van der Waals surface area (Å²) in [5.41, 5.74) is 5.57. The molecule has 21 heavy (non-hydrogen) atoms. The molecule has 1 fully saturated rings. The molecule has 1 heteroatoms. The molecule has 2 aromatic heterocycles. The first kappa shape index (κ1) is 12.7. The van der Waals surface area contributed by atoms with E-state index >= 15 is 0 Å². The van der Waals surface area contributed by atoms with Gasteiger partial charge in [-0.2, -0.15) is 0 Å². The van der Waals surface area contributed by atoms with Crippen LogP contribution in [0, 0.1) is 0 Å². The van der Waals surface area contributed by atoms with E-state index in [1.807, 2.05) is 0 Å². The maximum absolute atomic E-state index is 2.43. The Morgan fingerprint density at radius 3 is 2.38 bits per heavy atom. The largest absolute Gasteiger partial charge is 0.316 e. The topological polar surface area (TPSA) is 4.41 Å². The normalized spacial score (nSPS) is 16.4. The quantitative estimate of drug-likeness (QED) is 0.569. The fourth-order valence-electron chi connectivity index (χ4n) is 3.75. The highest BCUT2D eigenvalue weighted by molar-refractivity contribution is 5.71. The van der Waals surface area contributed by atoms with Crippen LogP contribution in [0.5, 0.6) is 0 Å². The number of benzene rings is 1. The van der Waals surface area contributed by atoms with E-state index in [0.717, 1.165) is 5.92 Å². The van der Waals surface area contributed by atoms with Crippen molar-refractivity contribution in [2.75, 3.05) is 0 Å². The van der Waals surface area contributed by atoms with Crippen molar-refractivity contribution in [2.45, 2.75) is 38.0 Å². The van der Waals surface area contributed by atoms with Gasteiger partial charge in [0.1, 0.15) is 0 Å². The average molecular weight is 275 g/mol. The molecule has 4 rings (SSSR count). The Morgan fingerprint density at radius 1 is 0.810 bits per heavy atom. The molecule has 0 amide bonds. The standard InChI is InChI=1S/C20H21N/c1-3-9-16(10-4-1)18-15-20(17-11-5-2-6-12-17)21-14-8-7-13-19(18)21/h2,5-8,11-16H,1,3-4,9-10H2. The van der Waals surface area contributed by atoms with E-state index in [1.165, 1.54) is 48.9 Å². The molecule has 1 aliphatic carbocycles. The third-order valence-electron chi connectivity index (χ3n) is 4.82. The fraction of sp³-hybridized carbons (Fsp3) is 0.300. The highest BCUT2D eigenvalue weighted by atomic mass is 14.9. The van der Waals surface area contributed by atoms with E-state index in [9.17, 15) is 0 Å². The first-order chi connectivity index (χ1) is 10.4. The summed E-state index contributed by atoms with van der Waals surface area (Å²) < 4.78 is 2.36. The molecule has 0 spiro atoms. The Morgan fingerprint density at radius 2 is 1.57 bits per heavy atom. The van der Waals surface area contributed by atoms with E-state index in [0.29, 0.717) is 0 Å². The molecule has 0 N–H and O–H groups in total. The second-order valence-electron chi connectivity index (χ2n) is 6.14. The molecule has 1 aromatic carbocycles. The summed E-state index contributed by atoms with van der Waals surface area (Å²) in [7, 11) is 0. The van der Waals surface area contributed by atoms with Crippen LogP contribution in [0.3, 0.4) is 0 Å². The number of fused-ring (bicyclic) bond motifs is 1. The fourth-order valence-corrected chi connectivity index (χ4v) is 3.75. The highest BCUT2D eigenvalue weighted by Gasteiger charge is 2.20. The van der Waals surface area contributed by atoms with Gasteiger partial charge in [-0.1, -0.05) is 55.7 Å². The van der Waals surface area contributed by atoms with Crippen LogP contribution in [0.25, 0.3) is 16.8 Å². The van der Waals surface area contributed by atoms with Crippen LogP contribution in [0.2, 0.25) is 0 Å². The lowest BCUT2D eigenvalue weighted by Crippen LogP contribution is -2.03. The predicted octanol–water partition coefficient (Wildman–Crippen LogP) is 5.65. The van der Waals surface area contributed by atoms with Crippen LogP contribution in [-0.4, -0.2) is 4.40 Å². The van der Waals surface area contributed by atoms with Gasteiger partial charge in [0.15, 0.2) is 0 Å². The third-order valence-corrected chi connectivity index (χ3v) is 4.82. The van der Waals surface area contributed by atoms with Gasteiger partial charge in [0.2, 0.25) is 0 Å². The van der Waals surface area contributed by atoms with E-state index in [-0.39, 0.29) is 0 Å². The van der Waals surface area contributed by atoms with Crippen LogP contribution in [0.15, 0.2) is 60.8 Å². The number of hydrogen-bond acceptors (Lipinski definition) is 0. The van der Waals surface area contributed by atoms with Gasteiger partial charge >= 0.3 is 0 Å². The van der Waals surface area contributed by atoms with Gasteiger partial charge in [0, 0.05) is 11.7 Å². The molecular formula is C20H21N. The molecule has 106 valence electrons. The van der Waals surface area contributed by atoms with Gasteiger partial charge in [-0.15, -0.1) is 0 Å². The van der Waals surface area contributed by atoms with E-state index in [1.54, 1.807) is 5.56 Å². The Hall–Kier alpha value is -2.02. The summed E-state index contributed by atoms with van der Waals surface area (Å²) in [5.74, 6) is 0.744. The molecule has 1 saturated carbocycles. The number of hydrogen-bond donors (Lipinski definition) is 0. The third kappa shape index (κ3) is 2.27. The van der Waals surface area contributed by atoms with Crippen molar-refractivity contribution < 1.29 is 0 Å². The van der Waals surface area contributed by atoms with Gasteiger partial charge < -0.3 is 4.40 Å². The Balaban J connectivity index is 1.88. The zero-order valence-corrected chi connectivity index (χ0v) is 12.3. The molecule has 0 atom stereocenters. The van der Waals surface area contributed by atoms with Crippen LogP contribution in [-0.2, 0) is 0 Å². The van der Waals surface area contributed by atoms with Crippen molar-refractivity contribution in [1.82, 2.24) is 4.40 Å². The predicted molar refractivity (Wildman–Crippen MR) is 88.7 cm³/mol. The Bertz CT molecular complexity index is 733. The van der Waals surface area contributed by atoms with Gasteiger partial charge in [0.05, 0.1) is 5.69 Å². The maximum Gasteiger partial charge on any atom is 0.0531 e. The molecule has 2 heterocycles. The maximum atomic E-state index is 2.43. The second kappa shape index (κ2) is 5.40. The van der Waals surface area contributed by atoms with Gasteiger partial charge in [-0.3, -0.25) is 0 Å². The number of pyridine rings is 1. The van der Waals surface area contributed by atoms with Crippen LogP contribution in [0.1, 0.15) is 43.6 Å². The summed E-state index contributed by atoms with van der Waals surface area (Å²) in [6.45, 7) is 0. The van der Waals surface area contributed by atoms with Crippen LogP contribution >= 0.6 is 0 Å². The van der Waals surface area contributed by atoms with Crippen molar-refractivity contribution in [2.24, 2.45) is 0 Å². The summed E-state index contributed by atoms with van der Waals surface area (Å²) in [4.78, 5) is 0. The van der Waals surface area contributed by atoms with Gasteiger partial charge in [0.25, 0.3) is 0 Å². The SMILES string of the molecule is c1ccc(-c2cc(C3CCCCC3)c3ccccn23)cc1. The van der Waals surface area contributed by atoms with E-state index in [4.69, 9.17) is 0 Å². The summed E-state index contributed by atoms with van der Waals surface area (Å²) >= 11 is 0. The van der Waals surface area contributed by atoms with Crippen LogP contribution in [0.4, 0.5) is 0 Å². The first-order valence-corrected chi connectivity index (χ1v) is 8.09. The smallest absolute Gasteiger partial charge is 0.0531 e. The van der Waals surface area contributed by atoms with Crippen molar-refractivity contribution in [1.29, 1.82) is 0 Å². The lowest BCUT2D eigenvalue weighted by molar-refractivity contribution is 0.445. The molecule has 0 aliphatic heterocycles. The second-order valence-corrected chi connectivity index (χ2v) is 6.14. The van der Waals surface area contributed by atoms with E-state index < -0.39 is 0 Å². The molecule has 0 radical (unpaired) electrons. The van der Waals surface area contributed by atoms with Crippen molar-refractivity contribution in [3.8, 4) is 11.3 Å². The minimum atomic E-state index is 0.744. The van der Waals surface area contributed by atoms with Crippen LogP contribution < -0.4 is 0 Å². The summed E-state index contributed by atoms with van der Waals surface area (Å²) in [5, 5.41) is 0. The Labute approximate surface area is 126 Å². The lowest BCUT2D eigenvalue weighted by atomic mass is 9.84. The monoisotopic (exact) mass is 275 g/mol. The minimum Gasteiger partial charge on any atom is -0.316 e. The number of aromatic nitrogens is 1. The average Bonchev–Trinajstić information content (AvgIpc) is 2.96. The number of nitrogens with zero attached hydrogens (tertiary/aromatic N) is 1. The molecular weight excluding hydrogens is 254 g/mol. The number of rotatable bonds is 2. The summed E-state index contributed by atoms with van der Waals surface area (Å²) in [6.07, 6.45) is 9.08. The van der Waals surface area contributed by atoms with Gasteiger partial charge in [-0.25, -0.2) is 0 Å². The molecule has 1 aliphatic rings. The first-order valence-electron chi connectivity index (χ1n) is 8.09. The zero-order chi connectivity index (χ0) is 14.1. The molecule has 3 aromatic rings. The van der Waals surface area contributed by atoms with Gasteiger partial charge in [-0.05, 0) is 48.1 Å². The molecule has 0 bridgehead atoms.